The highest BCUT2D eigenvalue weighted by molar-refractivity contribution is 5.88. The van der Waals surface area contributed by atoms with Gasteiger partial charge in [-0.05, 0) is 63.3 Å². The van der Waals surface area contributed by atoms with Gasteiger partial charge in [-0.2, -0.15) is 0 Å². The number of benzene rings is 2. The lowest BCUT2D eigenvalue weighted by Gasteiger charge is -2.33. The van der Waals surface area contributed by atoms with E-state index in [9.17, 15) is 9.59 Å². The van der Waals surface area contributed by atoms with Crippen molar-refractivity contribution in [2.45, 2.75) is 78.9 Å². The van der Waals surface area contributed by atoms with Gasteiger partial charge in [0.1, 0.15) is 11.8 Å². The Labute approximate surface area is 193 Å². The van der Waals surface area contributed by atoms with Crippen LogP contribution < -0.4 is 10.1 Å². The maximum Gasteiger partial charge on any atom is 0.261 e. The van der Waals surface area contributed by atoms with Crippen molar-refractivity contribution in [1.29, 1.82) is 0 Å². The Morgan fingerprint density at radius 2 is 1.72 bits per heavy atom. The predicted octanol–water partition coefficient (Wildman–Crippen LogP) is 5.22. The van der Waals surface area contributed by atoms with Crippen LogP contribution in [0.2, 0.25) is 0 Å². The molecule has 2 aromatic rings. The molecule has 0 aliphatic heterocycles. The van der Waals surface area contributed by atoms with Crippen molar-refractivity contribution in [3.8, 4) is 5.75 Å². The molecule has 0 bridgehead atoms. The van der Waals surface area contributed by atoms with E-state index < -0.39 is 6.04 Å². The highest BCUT2D eigenvalue weighted by Gasteiger charge is 2.30. The minimum Gasteiger partial charge on any atom is -0.484 e. The number of aryl methyl sites for hydroxylation is 1. The van der Waals surface area contributed by atoms with Gasteiger partial charge >= 0.3 is 0 Å². The van der Waals surface area contributed by atoms with Crippen molar-refractivity contribution >= 4 is 11.8 Å². The molecule has 5 heteroatoms. The van der Waals surface area contributed by atoms with E-state index in [1.54, 1.807) is 4.90 Å². The second kappa shape index (κ2) is 11.2. The lowest BCUT2D eigenvalue weighted by atomic mass is 10.0. The molecule has 0 saturated heterocycles. The zero-order chi connectivity index (χ0) is 23.9. The van der Waals surface area contributed by atoms with Crippen molar-refractivity contribution in [1.82, 2.24) is 10.2 Å². The molecule has 2 rings (SSSR count). The molecule has 0 saturated carbocycles. The molecular formula is C27H38N2O3. The summed E-state index contributed by atoms with van der Waals surface area (Å²) >= 11 is 0. The van der Waals surface area contributed by atoms with Crippen LogP contribution in [0.25, 0.3) is 0 Å². The highest BCUT2D eigenvalue weighted by Crippen LogP contribution is 2.19. The van der Waals surface area contributed by atoms with E-state index in [4.69, 9.17) is 4.74 Å². The Morgan fingerprint density at radius 1 is 1.06 bits per heavy atom. The van der Waals surface area contributed by atoms with Gasteiger partial charge in [0.15, 0.2) is 6.61 Å². The minimum atomic E-state index is -0.575. The summed E-state index contributed by atoms with van der Waals surface area (Å²) < 4.78 is 5.80. The molecule has 0 heterocycles. The van der Waals surface area contributed by atoms with Crippen LogP contribution in [0.3, 0.4) is 0 Å². The van der Waals surface area contributed by atoms with Gasteiger partial charge < -0.3 is 15.0 Å². The largest absolute Gasteiger partial charge is 0.484 e. The van der Waals surface area contributed by atoms with E-state index in [2.05, 4.69) is 19.2 Å². The quantitative estimate of drug-likeness (QED) is 0.584. The van der Waals surface area contributed by atoms with Crippen LogP contribution in [0, 0.1) is 6.92 Å². The molecule has 2 aromatic carbocycles. The van der Waals surface area contributed by atoms with Crippen molar-refractivity contribution in [3.63, 3.8) is 0 Å². The maximum absolute atomic E-state index is 13.3. The van der Waals surface area contributed by atoms with Crippen molar-refractivity contribution < 1.29 is 14.3 Å². The van der Waals surface area contributed by atoms with Crippen LogP contribution in [0.15, 0.2) is 48.5 Å². The van der Waals surface area contributed by atoms with Gasteiger partial charge in [0.25, 0.3) is 5.91 Å². The molecule has 2 amide bonds. The number of ether oxygens (including phenoxy) is 1. The summed E-state index contributed by atoms with van der Waals surface area (Å²) in [4.78, 5) is 27.9. The predicted molar refractivity (Wildman–Crippen MR) is 130 cm³/mol. The molecule has 5 nitrogen and oxygen atoms in total. The lowest BCUT2D eigenvalue weighted by Crippen LogP contribution is -2.54. The van der Waals surface area contributed by atoms with Crippen LogP contribution in [0.1, 0.15) is 70.6 Å². The Kier molecular flexibility index (Phi) is 8.88. The molecule has 0 aliphatic carbocycles. The monoisotopic (exact) mass is 438 g/mol. The Balaban J connectivity index is 2.21. The highest BCUT2D eigenvalue weighted by atomic mass is 16.5. The average Bonchev–Trinajstić information content (AvgIpc) is 2.71. The first-order chi connectivity index (χ1) is 15.0. The van der Waals surface area contributed by atoms with E-state index in [0.717, 1.165) is 11.1 Å². The maximum atomic E-state index is 13.3. The van der Waals surface area contributed by atoms with E-state index >= 15 is 0 Å². The van der Waals surface area contributed by atoms with Crippen molar-refractivity contribution in [2.75, 3.05) is 6.61 Å². The number of nitrogens with zero attached hydrogens (tertiary/aromatic N) is 1. The summed E-state index contributed by atoms with van der Waals surface area (Å²) in [6.07, 6.45) is 0.516. The Bertz CT molecular complexity index is 898. The summed E-state index contributed by atoms with van der Waals surface area (Å²) in [5, 5.41) is 3.02. The van der Waals surface area contributed by atoms with Crippen molar-refractivity contribution in [2.24, 2.45) is 0 Å². The number of hydrogen-bond acceptors (Lipinski definition) is 3. The number of rotatable bonds is 9. The van der Waals surface area contributed by atoms with E-state index in [1.165, 1.54) is 5.56 Å². The molecule has 0 aliphatic rings. The van der Waals surface area contributed by atoms with Crippen LogP contribution in [-0.2, 0) is 16.1 Å². The van der Waals surface area contributed by atoms with Gasteiger partial charge in [0.05, 0.1) is 0 Å². The minimum absolute atomic E-state index is 0.119. The summed E-state index contributed by atoms with van der Waals surface area (Å²) in [5.74, 6) is 0.713. The number of amides is 2. The molecule has 1 N–H and O–H groups in total. The molecule has 1 unspecified atom stereocenters. The van der Waals surface area contributed by atoms with Gasteiger partial charge in [-0.25, -0.2) is 0 Å². The van der Waals surface area contributed by atoms with E-state index in [1.807, 2.05) is 83.1 Å². The van der Waals surface area contributed by atoms with Gasteiger partial charge in [-0.1, -0.05) is 62.7 Å². The third-order valence-electron chi connectivity index (χ3n) is 5.23. The first-order valence-electron chi connectivity index (χ1n) is 11.4. The number of nitrogens with one attached hydrogen (secondary N) is 1. The zero-order valence-corrected chi connectivity index (χ0v) is 20.6. The fraction of sp³-hybridized carbons (Fsp3) is 0.481. The van der Waals surface area contributed by atoms with Crippen molar-refractivity contribution in [3.05, 3.63) is 65.2 Å². The van der Waals surface area contributed by atoms with E-state index in [-0.39, 0.29) is 24.0 Å². The summed E-state index contributed by atoms with van der Waals surface area (Å²) in [7, 11) is 0. The normalized spacial score (nSPS) is 12.4. The molecule has 32 heavy (non-hydrogen) atoms. The fourth-order valence-corrected chi connectivity index (χ4v) is 3.56. The molecule has 0 spiro atoms. The van der Waals surface area contributed by atoms with E-state index in [0.29, 0.717) is 24.6 Å². The second-order valence-electron chi connectivity index (χ2n) is 9.69. The topological polar surface area (TPSA) is 58.6 Å². The summed E-state index contributed by atoms with van der Waals surface area (Å²) in [6, 6.07) is 15.2. The van der Waals surface area contributed by atoms with Gasteiger partial charge in [-0.3, -0.25) is 9.59 Å². The first kappa shape index (κ1) is 25.4. The number of carbonyl (C=O) groups is 2. The fourth-order valence-electron chi connectivity index (χ4n) is 3.56. The van der Waals surface area contributed by atoms with Gasteiger partial charge in [0.2, 0.25) is 5.91 Å². The zero-order valence-electron chi connectivity index (χ0n) is 20.6. The molecule has 0 radical (unpaired) electrons. The van der Waals surface area contributed by atoms with Crippen LogP contribution >= 0.6 is 0 Å². The van der Waals surface area contributed by atoms with Gasteiger partial charge in [-0.15, -0.1) is 0 Å². The van der Waals surface area contributed by atoms with Crippen LogP contribution in [-0.4, -0.2) is 34.9 Å². The first-order valence-corrected chi connectivity index (χ1v) is 11.4. The summed E-state index contributed by atoms with van der Waals surface area (Å²) in [6.45, 7) is 14.3. The smallest absolute Gasteiger partial charge is 0.261 e. The molecule has 0 fully saturated rings. The Hall–Kier alpha value is -2.82. The third kappa shape index (κ3) is 7.70. The number of carbonyl (C=O) groups excluding carboxylic acids is 2. The second-order valence-corrected chi connectivity index (χ2v) is 9.69. The molecule has 0 aromatic heterocycles. The SMILES string of the molecule is CCC(C(=O)NC(C)(C)C)N(Cc1cccc(C)c1)C(=O)COc1ccc(C(C)C)cc1. The molecule has 1 atom stereocenters. The standard InChI is InChI=1S/C27H38N2O3/c1-8-24(26(31)28-27(5,6)7)29(17-21-11-9-10-20(4)16-21)25(30)18-32-23-14-12-22(13-15-23)19(2)3/h9-16,19,24H,8,17-18H2,1-7H3,(H,28,31). The third-order valence-corrected chi connectivity index (χ3v) is 5.23. The molecular weight excluding hydrogens is 400 g/mol. The molecule has 174 valence electrons. The Morgan fingerprint density at radius 3 is 2.25 bits per heavy atom. The van der Waals surface area contributed by atoms with Crippen LogP contribution in [0.5, 0.6) is 5.75 Å². The lowest BCUT2D eigenvalue weighted by molar-refractivity contribution is -0.143. The van der Waals surface area contributed by atoms with Crippen LogP contribution in [0.4, 0.5) is 0 Å². The average molecular weight is 439 g/mol. The number of hydrogen-bond donors (Lipinski definition) is 1. The van der Waals surface area contributed by atoms with Gasteiger partial charge in [0, 0.05) is 12.1 Å². The summed E-state index contributed by atoms with van der Waals surface area (Å²) in [5.41, 5.74) is 2.94.